The van der Waals surface area contributed by atoms with Crippen molar-refractivity contribution in [2.75, 3.05) is 0 Å². The summed E-state index contributed by atoms with van der Waals surface area (Å²) in [5, 5.41) is 8.44. The van der Waals surface area contributed by atoms with E-state index in [2.05, 4.69) is 49.9 Å². The molecule has 0 aliphatic carbocycles. The molecule has 2 aromatic heterocycles. The van der Waals surface area contributed by atoms with Crippen LogP contribution in [0.15, 0.2) is 43.0 Å². The molecule has 0 spiro atoms. The second-order valence-corrected chi connectivity index (χ2v) is 5.37. The van der Waals surface area contributed by atoms with Crippen LogP contribution in [0.3, 0.4) is 0 Å². The standard InChI is InChI=1S/C13H12IN5/c1-18-13(15-9-17-18)8-19-7-10(6-16-19)11-4-2-3-5-12(11)14/h2-7,9H,8H2,1H3. The summed E-state index contributed by atoms with van der Waals surface area (Å²) in [6, 6.07) is 8.27. The van der Waals surface area contributed by atoms with Crippen LogP contribution in [-0.2, 0) is 13.6 Å². The Kier molecular flexibility index (Phi) is 3.33. The third-order valence-corrected chi connectivity index (χ3v) is 3.87. The van der Waals surface area contributed by atoms with E-state index < -0.39 is 0 Å². The Morgan fingerprint density at radius 2 is 2.05 bits per heavy atom. The second kappa shape index (κ2) is 5.12. The highest BCUT2D eigenvalue weighted by molar-refractivity contribution is 14.1. The molecule has 0 bridgehead atoms. The number of nitrogens with zero attached hydrogens (tertiary/aromatic N) is 5. The molecular weight excluding hydrogens is 353 g/mol. The van der Waals surface area contributed by atoms with Crippen molar-refractivity contribution >= 4 is 22.6 Å². The number of hydrogen-bond acceptors (Lipinski definition) is 3. The van der Waals surface area contributed by atoms with Gasteiger partial charge in [-0.3, -0.25) is 9.36 Å². The smallest absolute Gasteiger partial charge is 0.148 e. The van der Waals surface area contributed by atoms with Gasteiger partial charge in [0.1, 0.15) is 18.7 Å². The molecule has 0 atom stereocenters. The fraction of sp³-hybridized carbons (Fsp3) is 0.154. The quantitative estimate of drug-likeness (QED) is 0.670. The van der Waals surface area contributed by atoms with Gasteiger partial charge in [-0.2, -0.15) is 10.2 Å². The molecule has 0 fully saturated rings. The molecule has 6 heteroatoms. The highest BCUT2D eigenvalue weighted by Gasteiger charge is 2.07. The Bertz CT molecular complexity index is 700. The predicted molar refractivity (Wildman–Crippen MR) is 80.5 cm³/mol. The second-order valence-electron chi connectivity index (χ2n) is 4.21. The molecule has 0 amide bonds. The highest BCUT2D eigenvalue weighted by Crippen LogP contribution is 2.24. The number of aryl methyl sites for hydroxylation is 1. The molecule has 3 aromatic rings. The van der Waals surface area contributed by atoms with E-state index in [0.29, 0.717) is 6.54 Å². The van der Waals surface area contributed by atoms with Gasteiger partial charge in [0.05, 0.1) is 6.20 Å². The third kappa shape index (κ3) is 2.53. The molecular formula is C13H12IN5. The van der Waals surface area contributed by atoms with Crippen molar-refractivity contribution in [3.05, 3.63) is 52.4 Å². The van der Waals surface area contributed by atoms with Crippen LogP contribution in [0.2, 0.25) is 0 Å². The van der Waals surface area contributed by atoms with Crippen LogP contribution in [0.25, 0.3) is 11.1 Å². The monoisotopic (exact) mass is 365 g/mol. The Labute approximate surface area is 124 Å². The van der Waals surface area contributed by atoms with Gasteiger partial charge in [0.2, 0.25) is 0 Å². The van der Waals surface area contributed by atoms with Crippen molar-refractivity contribution < 1.29 is 0 Å². The van der Waals surface area contributed by atoms with E-state index in [1.165, 1.54) is 9.13 Å². The predicted octanol–water partition coefficient (Wildman–Crippen LogP) is 2.33. The van der Waals surface area contributed by atoms with Crippen LogP contribution in [0.1, 0.15) is 5.82 Å². The fourth-order valence-electron chi connectivity index (χ4n) is 1.89. The van der Waals surface area contributed by atoms with Crippen LogP contribution in [0, 0.1) is 3.57 Å². The molecule has 0 unspecified atom stereocenters. The van der Waals surface area contributed by atoms with E-state index in [1.54, 1.807) is 11.0 Å². The van der Waals surface area contributed by atoms with Crippen LogP contribution >= 0.6 is 22.6 Å². The number of halogens is 1. The van der Waals surface area contributed by atoms with Gasteiger partial charge in [0.25, 0.3) is 0 Å². The number of benzene rings is 1. The van der Waals surface area contributed by atoms with Crippen molar-refractivity contribution in [1.29, 1.82) is 0 Å². The topological polar surface area (TPSA) is 48.5 Å². The lowest BCUT2D eigenvalue weighted by Gasteiger charge is -2.01. The van der Waals surface area contributed by atoms with Gasteiger partial charge < -0.3 is 0 Å². The SMILES string of the molecule is Cn1ncnc1Cn1cc(-c2ccccc2I)cn1. The first-order chi connectivity index (χ1) is 9.24. The van der Waals surface area contributed by atoms with Crippen LogP contribution in [-0.4, -0.2) is 24.5 Å². The number of aromatic nitrogens is 5. The van der Waals surface area contributed by atoms with Crippen molar-refractivity contribution in [2.45, 2.75) is 6.54 Å². The fourth-order valence-corrected chi connectivity index (χ4v) is 2.59. The van der Waals surface area contributed by atoms with Gasteiger partial charge in [-0.05, 0) is 34.2 Å². The lowest BCUT2D eigenvalue weighted by molar-refractivity contribution is 0.608. The Hall–Kier alpha value is -1.70. The molecule has 0 saturated carbocycles. The molecule has 0 aliphatic rings. The van der Waals surface area contributed by atoms with Crippen LogP contribution in [0.5, 0.6) is 0 Å². The Balaban J connectivity index is 1.88. The van der Waals surface area contributed by atoms with Crippen molar-refractivity contribution in [2.24, 2.45) is 7.05 Å². The average molecular weight is 365 g/mol. The Morgan fingerprint density at radius 3 is 2.79 bits per heavy atom. The maximum absolute atomic E-state index is 4.38. The van der Waals surface area contributed by atoms with E-state index in [4.69, 9.17) is 0 Å². The minimum absolute atomic E-state index is 0.625. The summed E-state index contributed by atoms with van der Waals surface area (Å²) < 4.78 is 4.86. The first-order valence-electron chi connectivity index (χ1n) is 5.84. The first kappa shape index (κ1) is 12.3. The van der Waals surface area contributed by atoms with Crippen molar-refractivity contribution in [3.63, 3.8) is 0 Å². The molecule has 0 aliphatic heterocycles. The van der Waals surface area contributed by atoms with Crippen LogP contribution in [0.4, 0.5) is 0 Å². The van der Waals surface area contributed by atoms with Gasteiger partial charge in [0, 0.05) is 22.4 Å². The molecule has 96 valence electrons. The zero-order valence-corrected chi connectivity index (χ0v) is 12.5. The van der Waals surface area contributed by atoms with E-state index in [9.17, 15) is 0 Å². The lowest BCUT2D eigenvalue weighted by atomic mass is 10.1. The zero-order valence-electron chi connectivity index (χ0n) is 10.4. The summed E-state index contributed by atoms with van der Waals surface area (Å²) in [5.74, 6) is 0.886. The van der Waals surface area contributed by atoms with Crippen LogP contribution < -0.4 is 0 Å². The summed E-state index contributed by atoms with van der Waals surface area (Å²) in [4.78, 5) is 4.20. The van der Waals surface area contributed by atoms with Crippen molar-refractivity contribution in [3.8, 4) is 11.1 Å². The lowest BCUT2D eigenvalue weighted by Crippen LogP contribution is -2.06. The molecule has 0 radical (unpaired) electrons. The van der Waals surface area contributed by atoms with Gasteiger partial charge in [-0.15, -0.1) is 0 Å². The summed E-state index contributed by atoms with van der Waals surface area (Å²) in [7, 11) is 1.88. The third-order valence-electron chi connectivity index (χ3n) is 2.93. The molecule has 3 rings (SSSR count). The van der Waals surface area contributed by atoms with Gasteiger partial charge >= 0.3 is 0 Å². The molecule has 2 heterocycles. The average Bonchev–Trinajstić information content (AvgIpc) is 3.01. The summed E-state index contributed by atoms with van der Waals surface area (Å²) in [5.41, 5.74) is 2.32. The molecule has 0 saturated heterocycles. The summed E-state index contributed by atoms with van der Waals surface area (Å²) >= 11 is 2.34. The van der Waals surface area contributed by atoms with E-state index in [0.717, 1.165) is 11.4 Å². The molecule has 5 nitrogen and oxygen atoms in total. The maximum Gasteiger partial charge on any atom is 0.148 e. The molecule has 19 heavy (non-hydrogen) atoms. The minimum Gasteiger partial charge on any atom is -0.264 e. The number of hydrogen-bond donors (Lipinski definition) is 0. The van der Waals surface area contributed by atoms with Gasteiger partial charge in [-0.1, -0.05) is 18.2 Å². The summed E-state index contributed by atoms with van der Waals surface area (Å²) in [6.07, 6.45) is 5.47. The molecule has 0 N–H and O–H groups in total. The minimum atomic E-state index is 0.625. The van der Waals surface area contributed by atoms with Gasteiger partial charge in [0.15, 0.2) is 0 Å². The normalized spacial score (nSPS) is 10.8. The highest BCUT2D eigenvalue weighted by atomic mass is 127. The first-order valence-corrected chi connectivity index (χ1v) is 6.92. The number of rotatable bonds is 3. The van der Waals surface area contributed by atoms with E-state index in [-0.39, 0.29) is 0 Å². The van der Waals surface area contributed by atoms with Crippen molar-refractivity contribution in [1.82, 2.24) is 24.5 Å². The zero-order chi connectivity index (χ0) is 13.2. The Morgan fingerprint density at radius 1 is 1.21 bits per heavy atom. The van der Waals surface area contributed by atoms with E-state index >= 15 is 0 Å². The summed E-state index contributed by atoms with van der Waals surface area (Å²) in [6.45, 7) is 0.625. The largest absolute Gasteiger partial charge is 0.264 e. The van der Waals surface area contributed by atoms with E-state index in [1.807, 2.05) is 36.3 Å². The van der Waals surface area contributed by atoms with Gasteiger partial charge in [-0.25, -0.2) is 4.98 Å². The maximum atomic E-state index is 4.38. The molecule has 1 aromatic carbocycles.